The number of hydrogen-bond donors (Lipinski definition) is 1. The van der Waals surface area contributed by atoms with Crippen LogP contribution in [0.2, 0.25) is 0 Å². The average molecular weight is 476 g/mol. The molecule has 0 saturated carbocycles. The van der Waals surface area contributed by atoms with E-state index in [0.29, 0.717) is 5.11 Å². The Morgan fingerprint density at radius 2 is 1.67 bits per heavy atom. The fraction of sp³-hybridized carbons (Fsp3) is 0.0833. The highest BCUT2D eigenvalue weighted by molar-refractivity contribution is 9.10. The van der Waals surface area contributed by atoms with E-state index < -0.39 is 0 Å². The lowest BCUT2D eigenvalue weighted by molar-refractivity contribution is 0.439. The lowest BCUT2D eigenvalue weighted by Crippen LogP contribution is -2.29. The number of para-hydroxylation sites is 1. The Morgan fingerprint density at radius 3 is 2.40 bits per heavy atom. The van der Waals surface area contributed by atoms with E-state index in [9.17, 15) is 0 Å². The molecule has 1 saturated heterocycles. The zero-order chi connectivity index (χ0) is 20.5. The summed E-state index contributed by atoms with van der Waals surface area (Å²) >= 11 is 9.22. The Hall–Kier alpha value is -2.96. The number of halogens is 1. The molecule has 2 atom stereocenters. The van der Waals surface area contributed by atoms with Gasteiger partial charge < -0.3 is 14.6 Å². The van der Waals surface area contributed by atoms with Crippen molar-refractivity contribution >= 4 is 38.9 Å². The molecule has 148 valence electrons. The third kappa shape index (κ3) is 3.53. The Kier molecular flexibility index (Phi) is 5.11. The molecule has 1 fully saturated rings. The number of rotatable bonds is 4. The highest BCUT2D eigenvalue weighted by atomic mass is 79.9. The molecule has 3 heterocycles. The predicted molar refractivity (Wildman–Crippen MR) is 126 cm³/mol. The lowest BCUT2D eigenvalue weighted by atomic mass is 10.0. The minimum absolute atomic E-state index is 0.122. The lowest BCUT2D eigenvalue weighted by Gasteiger charge is -2.26. The number of nitrogens with zero attached hydrogens (tertiary/aromatic N) is 2. The first-order valence-electron chi connectivity index (χ1n) is 9.62. The smallest absolute Gasteiger partial charge is 0.174 e. The molecule has 0 radical (unpaired) electrons. The molecule has 4 aromatic rings. The molecule has 5 rings (SSSR count). The van der Waals surface area contributed by atoms with Crippen molar-refractivity contribution in [3.05, 3.63) is 107 Å². The highest BCUT2D eigenvalue weighted by Crippen LogP contribution is 2.42. The third-order valence-electron chi connectivity index (χ3n) is 5.18. The number of anilines is 1. The summed E-state index contributed by atoms with van der Waals surface area (Å²) in [6.07, 6.45) is 1.80. The van der Waals surface area contributed by atoms with E-state index in [2.05, 4.69) is 43.3 Å². The quantitative estimate of drug-likeness (QED) is 0.351. The second-order valence-corrected chi connectivity index (χ2v) is 8.34. The Bertz CT molecular complexity index is 1160. The van der Waals surface area contributed by atoms with E-state index in [1.54, 1.807) is 6.20 Å². The molecular formula is C24H18BrN3OS. The van der Waals surface area contributed by atoms with Crippen molar-refractivity contribution in [1.82, 2.24) is 10.3 Å². The SMILES string of the molecule is S=C1N[C@H](c2ccccn2)[C@H](c2ccc(-c3ccc(Br)cc3)o2)N1c1ccccc1. The van der Waals surface area contributed by atoms with Crippen molar-refractivity contribution in [2.24, 2.45) is 0 Å². The summed E-state index contributed by atoms with van der Waals surface area (Å²) in [5.74, 6) is 1.66. The van der Waals surface area contributed by atoms with E-state index in [1.807, 2.05) is 72.8 Å². The molecular weight excluding hydrogens is 458 g/mol. The van der Waals surface area contributed by atoms with Gasteiger partial charge in [0, 0.05) is 21.9 Å². The number of nitrogens with one attached hydrogen (secondary N) is 1. The maximum atomic E-state index is 6.36. The zero-order valence-electron chi connectivity index (χ0n) is 15.9. The van der Waals surface area contributed by atoms with Crippen LogP contribution in [0.5, 0.6) is 0 Å². The van der Waals surface area contributed by atoms with Crippen LogP contribution in [0.1, 0.15) is 23.5 Å². The van der Waals surface area contributed by atoms with Crippen molar-refractivity contribution in [3.8, 4) is 11.3 Å². The number of furan rings is 1. The molecule has 4 nitrogen and oxygen atoms in total. The summed E-state index contributed by atoms with van der Waals surface area (Å²) in [4.78, 5) is 6.69. The molecule has 2 aromatic carbocycles. The van der Waals surface area contributed by atoms with Gasteiger partial charge in [-0.2, -0.15) is 0 Å². The number of thiocarbonyl (C=S) groups is 1. The molecule has 2 aromatic heterocycles. The number of pyridine rings is 1. The van der Waals surface area contributed by atoms with Crippen LogP contribution < -0.4 is 10.2 Å². The topological polar surface area (TPSA) is 41.3 Å². The van der Waals surface area contributed by atoms with Crippen LogP contribution in [0.3, 0.4) is 0 Å². The number of benzene rings is 2. The molecule has 0 spiro atoms. The van der Waals surface area contributed by atoms with Crippen LogP contribution in [-0.4, -0.2) is 10.1 Å². The van der Waals surface area contributed by atoms with Gasteiger partial charge in [0.15, 0.2) is 5.11 Å². The van der Waals surface area contributed by atoms with Gasteiger partial charge in [-0.25, -0.2) is 0 Å². The van der Waals surface area contributed by atoms with Gasteiger partial charge in [0.05, 0.1) is 11.7 Å². The normalized spacial score (nSPS) is 18.4. The van der Waals surface area contributed by atoms with Crippen molar-refractivity contribution in [2.75, 3.05) is 4.90 Å². The van der Waals surface area contributed by atoms with Crippen molar-refractivity contribution in [2.45, 2.75) is 12.1 Å². The minimum atomic E-state index is -0.154. The molecule has 1 aliphatic heterocycles. The van der Waals surface area contributed by atoms with Gasteiger partial charge in [0.2, 0.25) is 0 Å². The van der Waals surface area contributed by atoms with Gasteiger partial charge in [-0.05, 0) is 60.7 Å². The fourth-order valence-corrected chi connectivity index (χ4v) is 4.40. The van der Waals surface area contributed by atoms with Crippen LogP contribution in [0.4, 0.5) is 5.69 Å². The molecule has 1 aliphatic rings. The first-order valence-corrected chi connectivity index (χ1v) is 10.8. The Balaban J connectivity index is 1.59. The Morgan fingerprint density at radius 1 is 0.900 bits per heavy atom. The molecule has 6 heteroatoms. The summed E-state index contributed by atoms with van der Waals surface area (Å²) < 4.78 is 7.40. The molecule has 1 N–H and O–H groups in total. The maximum Gasteiger partial charge on any atom is 0.174 e. The van der Waals surface area contributed by atoms with E-state index in [1.165, 1.54) is 0 Å². The Labute approximate surface area is 188 Å². The second-order valence-electron chi connectivity index (χ2n) is 7.04. The van der Waals surface area contributed by atoms with Crippen LogP contribution in [0.15, 0.2) is 100 Å². The van der Waals surface area contributed by atoms with Crippen LogP contribution >= 0.6 is 28.1 Å². The minimum Gasteiger partial charge on any atom is -0.459 e. The number of hydrogen-bond acceptors (Lipinski definition) is 3. The number of aromatic nitrogens is 1. The maximum absolute atomic E-state index is 6.36. The van der Waals surface area contributed by atoms with Gasteiger partial charge in [-0.1, -0.05) is 52.3 Å². The molecule has 30 heavy (non-hydrogen) atoms. The van der Waals surface area contributed by atoms with Crippen LogP contribution in [0, 0.1) is 0 Å². The summed E-state index contributed by atoms with van der Waals surface area (Å²) in [5.41, 5.74) is 2.96. The van der Waals surface area contributed by atoms with Gasteiger partial charge in [-0.3, -0.25) is 4.98 Å². The van der Waals surface area contributed by atoms with Gasteiger partial charge in [0.25, 0.3) is 0 Å². The van der Waals surface area contributed by atoms with Gasteiger partial charge in [-0.15, -0.1) is 0 Å². The largest absolute Gasteiger partial charge is 0.459 e. The first kappa shape index (κ1) is 19.0. The predicted octanol–water partition coefficient (Wildman–Crippen LogP) is 6.28. The monoisotopic (exact) mass is 475 g/mol. The van der Waals surface area contributed by atoms with E-state index in [0.717, 1.165) is 32.9 Å². The van der Waals surface area contributed by atoms with E-state index in [4.69, 9.17) is 16.6 Å². The molecule has 0 bridgehead atoms. The van der Waals surface area contributed by atoms with Crippen LogP contribution in [-0.2, 0) is 0 Å². The van der Waals surface area contributed by atoms with Gasteiger partial charge >= 0.3 is 0 Å². The molecule has 0 aliphatic carbocycles. The van der Waals surface area contributed by atoms with Crippen LogP contribution in [0.25, 0.3) is 11.3 Å². The molecule has 0 amide bonds. The first-order chi connectivity index (χ1) is 14.7. The van der Waals surface area contributed by atoms with Crippen molar-refractivity contribution in [3.63, 3.8) is 0 Å². The zero-order valence-corrected chi connectivity index (χ0v) is 18.3. The average Bonchev–Trinajstić information content (AvgIpc) is 3.40. The van der Waals surface area contributed by atoms with E-state index >= 15 is 0 Å². The summed E-state index contributed by atoms with van der Waals surface area (Å²) in [5, 5.41) is 4.11. The fourth-order valence-electron chi connectivity index (χ4n) is 3.79. The standard InChI is InChI=1S/C24H18BrN3OS/c25-17-11-9-16(10-12-17)20-13-14-21(29-20)23-22(19-8-4-5-15-26-19)27-24(30)28(23)18-6-2-1-3-7-18/h1-15,22-23H,(H,27,30)/t22-,23+/m1/s1. The summed E-state index contributed by atoms with van der Waals surface area (Å²) in [6, 6.07) is 27.9. The van der Waals surface area contributed by atoms with E-state index in [-0.39, 0.29) is 12.1 Å². The van der Waals surface area contributed by atoms with Crippen molar-refractivity contribution < 1.29 is 4.42 Å². The van der Waals surface area contributed by atoms with Crippen molar-refractivity contribution in [1.29, 1.82) is 0 Å². The molecule has 0 unspecified atom stereocenters. The van der Waals surface area contributed by atoms with Gasteiger partial charge in [0.1, 0.15) is 17.6 Å². The summed E-state index contributed by atoms with van der Waals surface area (Å²) in [7, 11) is 0. The highest BCUT2D eigenvalue weighted by Gasteiger charge is 2.42. The third-order valence-corrected chi connectivity index (χ3v) is 6.02. The second kappa shape index (κ2) is 8.05. The summed E-state index contributed by atoms with van der Waals surface area (Å²) in [6.45, 7) is 0.